The molecule has 1 aliphatic heterocycles. The van der Waals surface area contributed by atoms with Gasteiger partial charge in [-0.2, -0.15) is 0 Å². The van der Waals surface area contributed by atoms with Crippen LogP contribution in [-0.4, -0.2) is 35.1 Å². The molecule has 0 saturated carbocycles. The number of nitrogens with zero attached hydrogens (tertiary/aromatic N) is 1. The first-order valence-corrected chi connectivity index (χ1v) is 7.51. The van der Waals surface area contributed by atoms with Crippen LogP contribution in [0.1, 0.15) is 22.2 Å². The Bertz CT molecular complexity index is 507. The number of carboxylic acids is 1. The van der Waals surface area contributed by atoms with Gasteiger partial charge in [0.2, 0.25) is 0 Å². The number of thiophene rings is 1. The normalized spacial score (nSPS) is 22.1. The molecule has 0 bridgehead atoms. The predicted molar refractivity (Wildman–Crippen MR) is 77.9 cm³/mol. The monoisotopic (exact) mass is 296 g/mol. The van der Waals surface area contributed by atoms with Crippen LogP contribution in [0.3, 0.4) is 0 Å². The van der Waals surface area contributed by atoms with Crippen LogP contribution in [-0.2, 0) is 11.3 Å². The lowest BCUT2D eigenvalue weighted by molar-refractivity contribution is -0.142. The molecule has 6 heteroatoms. The Morgan fingerprint density at radius 1 is 1.45 bits per heavy atom. The maximum absolute atomic E-state index is 12.1. The molecule has 20 heavy (non-hydrogen) atoms. The highest BCUT2D eigenvalue weighted by Crippen LogP contribution is 2.24. The van der Waals surface area contributed by atoms with E-state index in [0.29, 0.717) is 19.6 Å². The van der Waals surface area contributed by atoms with Crippen LogP contribution in [0.15, 0.2) is 6.07 Å². The smallest absolute Gasteiger partial charge is 0.317 e. The molecule has 2 heterocycles. The maximum Gasteiger partial charge on any atom is 0.317 e. The molecular formula is C14H20N2O3S. The van der Waals surface area contributed by atoms with Crippen molar-refractivity contribution < 1.29 is 14.7 Å². The highest BCUT2D eigenvalue weighted by Gasteiger charge is 2.36. The minimum absolute atomic E-state index is 0.00415. The molecule has 0 spiro atoms. The van der Waals surface area contributed by atoms with Gasteiger partial charge in [-0.25, -0.2) is 4.79 Å². The van der Waals surface area contributed by atoms with Crippen molar-refractivity contribution >= 4 is 23.3 Å². The summed E-state index contributed by atoms with van der Waals surface area (Å²) in [5, 5.41) is 11.9. The fraction of sp³-hybridized carbons (Fsp3) is 0.571. The molecule has 2 unspecified atom stereocenters. The number of carboxylic acid groups (broad SMARTS) is 1. The topological polar surface area (TPSA) is 69.6 Å². The molecule has 1 fully saturated rings. The van der Waals surface area contributed by atoms with Crippen molar-refractivity contribution in [3.63, 3.8) is 0 Å². The highest BCUT2D eigenvalue weighted by molar-refractivity contribution is 7.12. The first-order valence-electron chi connectivity index (χ1n) is 6.70. The van der Waals surface area contributed by atoms with Gasteiger partial charge in [0.25, 0.3) is 0 Å². The summed E-state index contributed by atoms with van der Waals surface area (Å²) in [4.78, 5) is 27.1. The number of urea groups is 1. The molecule has 0 radical (unpaired) electrons. The third kappa shape index (κ3) is 3.12. The Labute approximate surface area is 122 Å². The van der Waals surface area contributed by atoms with Crippen LogP contribution in [0.25, 0.3) is 0 Å². The standard InChI is InChI=1S/C14H20N2O3S/c1-8-4-11(20-10(8)3)5-15-14(19)16-6-9(2)12(7-16)13(17)18/h4,9,12H,5-7H2,1-3H3,(H,15,19)(H,17,18). The zero-order valence-electron chi connectivity index (χ0n) is 12.0. The second-order valence-electron chi connectivity index (χ2n) is 5.44. The number of likely N-dealkylation sites (tertiary alicyclic amines) is 1. The average molecular weight is 296 g/mol. The summed E-state index contributed by atoms with van der Waals surface area (Å²) in [7, 11) is 0. The van der Waals surface area contributed by atoms with Crippen molar-refractivity contribution in [2.75, 3.05) is 13.1 Å². The molecule has 2 rings (SSSR count). The number of nitrogens with one attached hydrogen (secondary N) is 1. The van der Waals surface area contributed by atoms with E-state index >= 15 is 0 Å². The summed E-state index contributed by atoms with van der Waals surface area (Å²) < 4.78 is 0. The van der Waals surface area contributed by atoms with Gasteiger partial charge < -0.3 is 15.3 Å². The van der Waals surface area contributed by atoms with E-state index in [-0.39, 0.29) is 11.9 Å². The van der Waals surface area contributed by atoms with Gasteiger partial charge >= 0.3 is 12.0 Å². The Morgan fingerprint density at radius 3 is 2.65 bits per heavy atom. The Kier molecular flexibility index (Phi) is 4.32. The zero-order valence-corrected chi connectivity index (χ0v) is 12.8. The summed E-state index contributed by atoms with van der Waals surface area (Å²) in [6.07, 6.45) is 0. The number of aryl methyl sites for hydroxylation is 2. The summed E-state index contributed by atoms with van der Waals surface area (Å²) in [5.74, 6) is -1.27. The fourth-order valence-electron chi connectivity index (χ4n) is 2.47. The van der Waals surface area contributed by atoms with Crippen molar-refractivity contribution in [2.45, 2.75) is 27.3 Å². The van der Waals surface area contributed by atoms with Gasteiger partial charge in [-0.05, 0) is 31.4 Å². The molecule has 1 saturated heterocycles. The van der Waals surface area contributed by atoms with E-state index in [1.54, 1.807) is 16.2 Å². The van der Waals surface area contributed by atoms with Crippen molar-refractivity contribution in [1.29, 1.82) is 0 Å². The lowest BCUT2D eigenvalue weighted by Gasteiger charge is -2.16. The van der Waals surface area contributed by atoms with Crippen LogP contribution in [0, 0.1) is 25.7 Å². The minimum Gasteiger partial charge on any atom is -0.481 e. The van der Waals surface area contributed by atoms with E-state index in [1.165, 1.54) is 10.4 Å². The van der Waals surface area contributed by atoms with Crippen molar-refractivity contribution in [3.05, 3.63) is 21.4 Å². The van der Waals surface area contributed by atoms with E-state index in [0.717, 1.165) is 4.88 Å². The van der Waals surface area contributed by atoms with Crippen molar-refractivity contribution in [1.82, 2.24) is 10.2 Å². The maximum atomic E-state index is 12.1. The van der Waals surface area contributed by atoms with Crippen molar-refractivity contribution in [3.8, 4) is 0 Å². The van der Waals surface area contributed by atoms with Gasteiger partial charge in [-0.3, -0.25) is 4.79 Å². The van der Waals surface area contributed by atoms with E-state index in [9.17, 15) is 9.59 Å². The quantitative estimate of drug-likeness (QED) is 0.898. The third-order valence-corrected chi connectivity index (χ3v) is 5.00. The molecule has 2 N–H and O–H groups in total. The van der Waals surface area contributed by atoms with Gasteiger partial charge in [0.1, 0.15) is 0 Å². The van der Waals surface area contributed by atoms with Gasteiger partial charge in [-0.15, -0.1) is 11.3 Å². The number of carbonyl (C=O) groups excluding carboxylic acids is 1. The second-order valence-corrected chi connectivity index (χ2v) is 6.78. The van der Waals surface area contributed by atoms with Crippen LogP contribution >= 0.6 is 11.3 Å². The third-order valence-electron chi connectivity index (χ3n) is 3.85. The molecule has 2 amide bonds. The number of hydrogen-bond donors (Lipinski definition) is 2. The van der Waals surface area contributed by atoms with Gasteiger partial charge in [-0.1, -0.05) is 6.92 Å². The van der Waals surface area contributed by atoms with E-state index < -0.39 is 11.9 Å². The van der Waals surface area contributed by atoms with E-state index in [1.807, 2.05) is 6.92 Å². The summed E-state index contributed by atoms with van der Waals surface area (Å²) in [6, 6.07) is 1.90. The second kappa shape index (κ2) is 5.83. The van der Waals surface area contributed by atoms with Crippen molar-refractivity contribution in [2.24, 2.45) is 11.8 Å². The number of carbonyl (C=O) groups is 2. The molecule has 5 nitrogen and oxygen atoms in total. The largest absolute Gasteiger partial charge is 0.481 e. The molecule has 1 aromatic rings. The molecule has 2 atom stereocenters. The minimum atomic E-state index is -0.822. The number of aliphatic carboxylic acids is 1. The molecule has 0 aliphatic carbocycles. The summed E-state index contributed by atoms with van der Waals surface area (Å²) in [6.45, 7) is 7.29. The SMILES string of the molecule is Cc1cc(CNC(=O)N2CC(C)C(C(=O)O)C2)sc1C. The van der Waals surface area contributed by atoms with Crippen LogP contribution < -0.4 is 5.32 Å². The average Bonchev–Trinajstić information content (AvgIpc) is 2.91. The van der Waals surface area contributed by atoms with Gasteiger partial charge in [0.15, 0.2) is 0 Å². The fourth-order valence-corrected chi connectivity index (χ4v) is 3.46. The number of hydrogen-bond acceptors (Lipinski definition) is 3. The number of rotatable bonds is 3. The molecular weight excluding hydrogens is 276 g/mol. The lowest BCUT2D eigenvalue weighted by Crippen LogP contribution is -2.38. The number of amides is 2. The predicted octanol–water partition coefficient (Wildman–Crippen LogP) is 2.23. The lowest BCUT2D eigenvalue weighted by atomic mass is 9.99. The molecule has 0 aromatic carbocycles. The van der Waals surface area contributed by atoms with E-state index in [4.69, 9.17) is 5.11 Å². The zero-order chi connectivity index (χ0) is 14.9. The summed E-state index contributed by atoms with van der Waals surface area (Å²) >= 11 is 1.68. The van der Waals surface area contributed by atoms with Crippen LogP contribution in [0.4, 0.5) is 4.79 Å². The van der Waals surface area contributed by atoms with Crippen LogP contribution in [0.5, 0.6) is 0 Å². The summed E-state index contributed by atoms with van der Waals surface area (Å²) in [5.41, 5.74) is 1.24. The Balaban J connectivity index is 1.88. The highest BCUT2D eigenvalue weighted by atomic mass is 32.1. The Morgan fingerprint density at radius 2 is 2.15 bits per heavy atom. The van der Waals surface area contributed by atoms with Gasteiger partial charge in [0.05, 0.1) is 12.5 Å². The molecule has 1 aromatic heterocycles. The van der Waals surface area contributed by atoms with E-state index in [2.05, 4.69) is 25.2 Å². The first kappa shape index (κ1) is 14.8. The van der Waals surface area contributed by atoms with Crippen LogP contribution in [0.2, 0.25) is 0 Å². The first-order chi connectivity index (χ1) is 9.38. The molecule has 110 valence electrons. The van der Waals surface area contributed by atoms with Gasteiger partial charge in [0, 0.05) is 22.8 Å². The molecule has 1 aliphatic rings. The Hall–Kier alpha value is -1.56.